The Kier molecular flexibility index (Phi) is 6.23. The van der Waals surface area contributed by atoms with Crippen LogP contribution in [0.3, 0.4) is 0 Å². The summed E-state index contributed by atoms with van der Waals surface area (Å²) >= 11 is 0. The van der Waals surface area contributed by atoms with E-state index in [2.05, 4.69) is 19.0 Å². The molecule has 6 nitrogen and oxygen atoms in total. The van der Waals surface area contributed by atoms with Crippen molar-refractivity contribution < 1.29 is 13.2 Å². The van der Waals surface area contributed by atoms with Crippen molar-refractivity contribution in [2.75, 3.05) is 40.3 Å². The molecule has 0 spiro atoms. The number of sulfonamides is 1. The number of rotatable bonds is 4. The minimum atomic E-state index is -3.47. The molecule has 1 aromatic rings. The Labute approximate surface area is 163 Å². The van der Waals surface area contributed by atoms with Gasteiger partial charge in [0.15, 0.2) is 0 Å². The Morgan fingerprint density at radius 1 is 0.963 bits per heavy atom. The van der Waals surface area contributed by atoms with Gasteiger partial charge in [0.05, 0.1) is 4.90 Å². The zero-order chi connectivity index (χ0) is 19.6. The second-order valence-corrected chi connectivity index (χ2v) is 9.95. The molecule has 0 unspecified atom stereocenters. The molecule has 1 aromatic carbocycles. The maximum atomic E-state index is 12.8. The Hall–Kier alpha value is -1.44. The SMILES string of the molecule is Cc1ccc(S(=O)(=O)N2CCC(C(=O)N3CCC(N(C)C)CC3)CC2)cc1. The Morgan fingerprint density at radius 3 is 2.04 bits per heavy atom. The second-order valence-electron chi connectivity index (χ2n) is 8.01. The van der Waals surface area contributed by atoms with E-state index in [-0.39, 0.29) is 11.8 Å². The van der Waals surface area contributed by atoms with Gasteiger partial charge in [0.25, 0.3) is 0 Å². The first-order valence-electron chi connectivity index (χ1n) is 9.81. The van der Waals surface area contributed by atoms with Gasteiger partial charge in [-0.15, -0.1) is 0 Å². The van der Waals surface area contributed by atoms with Crippen LogP contribution in [0.25, 0.3) is 0 Å². The van der Waals surface area contributed by atoms with Gasteiger partial charge in [0, 0.05) is 38.1 Å². The minimum Gasteiger partial charge on any atom is -0.342 e. The highest BCUT2D eigenvalue weighted by Gasteiger charge is 2.35. The summed E-state index contributed by atoms with van der Waals surface area (Å²) in [7, 11) is 0.713. The number of likely N-dealkylation sites (tertiary alicyclic amines) is 1. The van der Waals surface area contributed by atoms with E-state index in [1.54, 1.807) is 12.1 Å². The first-order chi connectivity index (χ1) is 12.8. The highest BCUT2D eigenvalue weighted by molar-refractivity contribution is 7.89. The largest absolute Gasteiger partial charge is 0.342 e. The van der Waals surface area contributed by atoms with Gasteiger partial charge >= 0.3 is 0 Å². The van der Waals surface area contributed by atoms with Crippen molar-refractivity contribution in [1.82, 2.24) is 14.1 Å². The third kappa shape index (κ3) is 4.52. The van der Waals surface area contributed by atoms with Gasteiger partial charge in [-0.3, -0.25) is 4.79 Å². The maximum Gasteiger partial charge on any atom is 0.243 e. The van der Waals surface area contributed by atoms with Crippen molar-refractivity contribution in [3.63, 3.8) is 0 Å². The van der Waals surface area contributed by atoms with E-state index in [1.807, 2.05) is 24.0 Å². The molecule has 3 rings (SSSR count). The molecule has 0 saturated carbocycles. The van der Waals surface area contributed by atoms with Gasteiger partial charge in [-0.05, 0) is 58.8 Å². The molecule has 150 valence electrons. The minimum absolute atomic E-state index is 0.0506. The lowest BCUT2D eigenvalue weighted by Gasteiger charge is -2.38. The number of carbonyl (C=O) groups excluding carboxylic acids is 1. The molecule has 2 saturated heterocycles. The van der Waals surface area contributed by atoms with Gasteiger partial charge < -0.3 is 9.80 Å². The number of hydrogen-bond acceptors (Lipinski definition) is 4. The van der Waals surface area contributed by atoms with Crippen molar-refractivity contribution in [2.45, 2.75) is 43.5 Å². The predicted octanol–water partition coefficient (Wildman–Crippen LogP) is 1.95. The van der Waals surface area contributed by atoms with Crippen LogP contribution in [0.2, 0.25) is 0 Å². The van der Waals surface area contributed by atoms with Crippen LogP contribution in [0, 0.1) is 12.8 Å². The van der Waals surface area contributed by atoms with E-state index in [0.717, 1.165) is 31.5 Å². The summed E-state index contributed by atoms with van der Waals surface area (Å²) in [5.41, 5.74) is 1.04. The van der Waals surface area contributed by atoms with Crippen LogP contribution in [-0.4, -0.2) is 74.7 Å². The number of hydrogen-bond donors (Lipinski definition) is 0. The standard InChI is InChI=1S/C20H31N3O3S/c1-16-4-6-19(7-5-16)27(25,26)23-14-8-17(9-15-23)20(24)22-12-10-18(11-13-22)21(2)3/h4-7,17-18H,8-15H2,1-3H3. The summed E-state index contributed by atoms with van der Waals surface area (Å²) in [6.07, 6.45) is 3.24. The molecule has 7 heteroatoms. The molecule has 1 amide bonds. The third-order valence-corrected chi connectivity index (χ3v) is 7.88. The molecule has 2 aliphatic heterocycles. The summed E-state index contributed by atoms with van der Waals surface area (Å²) in [4.78, 5) is 17.4. The summed E-state index contributed by atoms with van der Waals surface area (Å²) < 4.78 is 27.1. The average Bonchev–Trinajstić information content (AvgIpc) is 2.68. The summed E-state index contributed by atoms with van der Waals surface area (Å²) in [5.74, 6) is 0.157. The summed E-state index contributed by atoms with van der Waals surface area (Å²) in [6.45, 7) is 4.39. The number of amides is 1. The van der Waals surface area contributed by atoms with Crippen molar-refractivity contribution in [2.24, 2.45) is 5.92 Å². The average molecular weight is 394 g/mol. The molecule has 2 aliphatic rings. The maximum absolute atomic E-state index is 12.8. The molecular weight excluding hydrogens is 362 g/mol. The fraction of sp³-hybridized carbons (Fsp3) is 0.650. The first-order valence-corrected chi connectivity index (χ1v) is 11.2. The molecule has 2 heterocycles. The van der Waals surface area contributed by atoms with Crippen LogP contribution >= 0.6 is 0 Å². The lowest BCUT2D eigenvalue weighted by molar-refractivity contribution is -0.138. The Morgan fingerprint density at radius 2 is 1.52 bits per heavy atom. The van der Waals surface area contributed by atoms with Gasteiger partial charge in [-0.2, -0.15) is 4.31 Å². The zero-order valence-electron chi connectivity index (χ0n) is 16.6. The summed E-state index contributed by atoms with van der Waals surface area (Å²) in [5, 5.41) is 0. The second kappa shape index (κ2) is 8.29. The molecule has 0 bridgehead atoms. The lowest BCUT2D eigenvalue weighted by Crippen LogP contribution is -2.48. The number of nitrogens with zero attached hydrogens (tertiary/aromatic N) is 3. The quantitative estimate of drug-likeness (QED) is 0.784. The van der Waals surface area contributed by atoms with Crippen LogP contribution in [0.1, 0.15) is 31.2 Å². The van der Waals surface area contributed by atoms with E-state index in [1.165, 1.54) is 4.31 Å². The normalized spacial score (nSPS) is 21.0. The highest BCUT2D eigenvalue weighted by Crippen LogP contribution is 2.26. The monoisotopic (exact) mass is 393 g/mol. The van der Waals surface area contributed by atoms with Crippen LogP contribution in [0.15, 0.2) is 29.2 Å². The highest BCUT2D eigenvalue weighted by atomic mass is 32.2. The lowest BCUT2D eigenvalue weighted by atomic mass is 9.94. The van der Waals surface area contributed by atoms with Gasteiger partial charge in [-0.1, -0.05) is 17.7 Å². The van der Waals surface area contributed by atoms with E-state index in [4.69, 9.17) is 0 Å². The van der Waals surface area contributed by atoms with Gasteiger partial charge in [-0.25, -0.2) is 8.42 Å². The molecule has 0 N–H and O–H groups in total. The molecule has 0 radical (unpaired) electrons. The smallest absolute Gasteiger partial charge is 0.243 e. The van der Waals surface area contributed by atoms with Crippen molar-refractivity contribution in [3.05, 3.63) is 29.8 Å². The van der Waals surface area contributed by atoms with Crippen LogP contribution in [0.4, 0.5) is 0 Å². The van der Waals surface area contributed by atoms with Gasteiger partial charge in [0.2, 0.25) is 15.9 Å². The zero-order valence-corrected chi connectivity index (χ0v) is 17.4. The van der Waals surface area contributed by atoms with Crippen LogP contribution in [-0.2, 0) is 14.8 Å². The van der Waals surface area contributed by atoms with E-state index in [9.17, 15) is 13.2 Å². The Bertz CT molecular complexity index is 745. The van der Waals surface area contributed by atoms with E-state index in [0.29, 0.717) is 36.9 Å². The number of benzene rings is 1. The fourth-order valence-electron chi connectivity index (χ4n) is 4.06. The summed E-state index contributed by atoms with van der Waals surface area (Å²) in [6, 6.07) is 7.52. The van der Waals surface area contributed by atoms with E-state index >= 15 is 0 Å². The van der Waals surface area contributed by atoms with Crippen LogP contribution < -0.4 is 0 Å². The van der Waals surface area contributed by atoms with Crippen molar-refractivity contribution in [1.29, 1.82) is 0 Å². The van der Waals surface area contributed by atoms with E-state index < -0.39 is 10.0 Å². The van der Waals surface area contributed by atoms with Crippen molar-refractivity contribution >= 4 is 15.9 Å². The fourth-order valence-corrected chi connectivity index (χ4v) is 5.53. The van der Waals surface area contributed by atoms with Crippen molar-refractivity contribution in [3.8, 4) is 0 Å². The topological polar surface area (TPSA) is 60.9 Å². The number of carbonyl (C=O) groups is 1. The first kappa shape index (κ1) is 20.3. The molecule has 2 fully saturated rings. The Balaban J connectivity index is 1.55. The molecule has 0 aliphatic carbocycles. The van der Waals surface area contributed by atoms with Gasteiger partial charge in [0.1, 0.15) is 0 Å². The molecule has 0 aromatic heterocycles. The predicted molar refractivity (Wildman–Crippen MR) is 106 cm³/mol. The molecule has 0 atom stereocenters. The number of aryl methyl sites for hydroxylation is 1. The number of piperidine rings is 2. The van der Waals surface area contributed by atoms with Crippen LogP contribution in [0.5, 0.6) is 0 Å². The molecule has 27 heavy (non-hydrogen) atoms. The third-order valence-electron chi connectivity index (χ3n) is 5.97. The molecular formula is C20H31N3O3S.